The van der Waals surface area contributed by atoms with Crippen molar-refractivity contribution in [2.45, 2.75) is 36.5 Å². The van der Waals surface area contributed by atoms with Gasteiger partial charge in [-0.1, -0.05) is 47.1 Å². The van der Waals surface area contributed by atoms with Gasteiger partial charge in [-0.3, -0.25) is 9.59 Å². The Morgan fingerprint density at radius 1 is 1.12 bits per heavy atom. The highest BCUT2D eigenvalue weighted by Crippen LogP contribution is 2.40. The van der Waals surface area contributed by atoms with Crippen LogP contribution in [0.3, 0.4) is 0 Å². The van der Waals surface area contributed by atoms with Crippen molar-refractivity contribution < 1.29 is 14.7 Å². The highest BCUT2D eigenvalue weighted by Gasteiger charge is 2.24. The number of piperidine rings is 1. The smallest absolute Gasteiger partial charge is 0.306 e. The molecule has 0 radical (unpaired) electrons. The van der Waals surface area contributed by atoms with Crippen LogP contribution in [0.15, 0.2) is 52.3 Å². The van der Waals surface area contributed by atoms with E-state index in [0.29, 0.717) is 41.5 Å². The van der Waals surface area contributed by atoms with Crippen molar-refractivity contribution in [3.63, 3.8) is 0 Å². The second-order valence-electron chi connectivity index (χ2n) is 7.82. The van der Waals surface area contributed by atoms with Gasteiger partial charge < -0.3 is 14.9 Å². The highest BCUT2D eigenvalue weighted by atomic mass is 35.5. The number of likely N-dealkylation sites (N-methyl/N-ethyl adjacent to an activating group) is 1. The van der Waals surface area contributed by atoms with E-state index in [4.69, 9.17) is 23.2 Å². The number of nitrogens with zero attached hydrogens (tertiary/aromatic N) is 2. The number of carbonyl (C=O) groups is 2. The van der Waals surface area contributed by atoms with E-state index in [-0.39, 0.29) is 11.8 Å². The van der Waals surface area contributed by atoms with E-state index in [1.165, 1.54) is 17.8 Å². The Morgan fingerprint density at radius 2 is 1.82 bits per heavy atom. The van der Waals surface area contributed by atoms with Crippen LogP contribution in [0, 0.1) is 5.92 Å². The molecule has 0 spiro atoms. The van der Waals surface area contributed by atoms with Crippen LogP contribution in [0.2, 0.25) is 10.0 Å². The van der Waals surface area contributed by atoms with Gasteiger partial charge in [0.05, 0.1) is 16.0 Å². The summed E-state index contributed by atoms with van der Waals surface area (Å²) in [5, 5.41) is 10.1. The summed E-state index contributed by atoms with van der Waals surface area (Å²) in [4.78, 5) is 29.2. The van der Waals surface area contributed by atoms with Gasteiger partial charge in [-0.15, -0.1) is 0 Å². The lowest BCUT2D eigenvalue weighted by atomic mass is 9.97. The van der Waals surface area contributed by atoms with Crippen LogP contribution in [0.1, 0.15) is 32.3 Å². The van der Waals surface area contributed by atoms with Gasteiger partial charge in [-0.05, 0) is 62.6 Å². The second-order valence-corrected chi connectivity index (χ2v) is 9.70. The number of anilines is 1. The lowest BCUT2D eigenvalue weighted by molar-refractivity contribution is -0.142. The van der Waals surface area contributed by atoms with E-state index in [1.54, 1.807) is 11.0 Å². The van der Waals surface area contributed by atoms with Crippen LogP contribution in [0.25, 0.3) is 6.08 Å². The Kier molecular flexibility index (Phi) is 9.12. The van der Waals surface area contributed by atoms with E-state index < -0.39 is 5.97 Å². The maximum atomic E-state index is 12.2. The third kappa shape index (κ3) is 6.46. The van der Waals surface area contributed by atoms with Gasteiger partial charge in [-0.25, -0.2) is 0 Å². The van der Waals surface area contributed by atoms with E-state index in [1.807, 2.05) is 44.2 Å². The summed E-state index contributed by atoms with van der Waals surface area (Å²) in [5.41, 5.74) is 1.77. The van der Waals surface area contributed by atoms with Crippen molar-refractivity contribution in [2.75, 3.05) is 31.1 Å². The first-order valence-corrected chi connectivity index (χ1v) is 12.6. The van der Waals surface area contributed by atoms with E-state index in [9.17, 15) is 14.7 Å². The largest absolute Gasteiger partial charge is 0.481 e. The van der Waals surface area contributed by atoms with Gasteiger partial charge in [-0.2, -0.15) is 0 Å². The van der Waals surface area contributed by atoms with Crippen LogP contribution in [-0.4, -0.2) is 48.1 Å². The Bertz CT molecular complexity index is 1030. The number of rotatable bonds is 8. The molecule has 1 saturated heterocycles. The molecule has 0 atom stereocenters. The fourth-order valence-corrected chi connectivity index (χ4v) is 5.29. The molecule has 1 aliphatic heterocycles. The molecule has 0 unspecified atom stereocenters. The number of benzene rings is 2. The lowest BCUT2D eigenvalue weighted by Crippen LogP contribution is -2.36. The Morgan fingerprint density at radius 3 is 2.45 bits per heavy atom. The maximum Gasteiger partial charge on any atom is 0.306 e. The molecule has 1 heterocycles. The number of carboxylic acid groups (broad SMARTS) is 1. The standard InChI is InChI=1S/C25H28Cl2N2O3S/c1-3-28(4-2)22(30)11-9-17-8-10-21(24(27)23(17)26)33-20-7-5-6-19(16-20)29-14-12-18(13-15-29)25(31)32/h5-11,16,18H,3-4,12-15H2,1-2H3,(H,31,32). The van der Waals surface area contributed by atoms with Crippen molar-refractivity contribution in [1.29, 1.82) is 0 Å². The van der Waals surface area contributed by atoms with Gasteiger partial charge in [0.25, 0.3) is 0 Å². The number of aliphatic carboxylic acids is 1. The third-order valence-corrected chi connectivity index (χ3v) is 7.87. The maximum absolute atomic E-state index is 12.2. The zero-order valence-electron chi connectivity index (χ0n) is 18.8. The molecule has 1 amide bonds. The minimum Gasteiger partial charge on any atom is -0.481 e. The molecule has 0 saturated carbocycles. The molecule has 1 aliphatic rings. The summed E-state index contributed by atoms with van der Waals surface area (Å²) < 4.78 is 0. The van der Waals surface area contributed by atoms with Gasteiger partial charge >= 0.3 is 5.97 Å². The van der Waals surface area contributed by atoms with Crippen LogP contribution in [-0.2, 0) is 9.59 Å². The van der Waals surface area contributed by atoms with Crippen molar-refractivity contribution >= 4 is 58.6 Å². The topological polar surface area (TPSA) is 60.9 Å². The molecule has 5 nitrogen and oxygen atoms in total. The first-order valence-electron chi connectivity index (χ1n) is 11.0. The SMILES string of the molecule is CCN(CC)C(=O)C=Cc1ccc(Sc2cccc(N3CCC(C(=O)O)CC3)c2)c(Cl)c1Cl. The minimum absolute atomic E-state index is 0.0603. The number of hydrogen-bond acceptors (Lipinski definition) is 4. The van der Waals surface area contributed by atoms with Gasteiger partial charge in [0.15, 0.2) is 0 Å². The molecule has 176 valence electrons. The number of halogens is 2. The van der Waals surface area contributed by atoms with E-state index >= 15 is 0 Å². The molecule has 2 aromatic rings. The summed E-state index contributed by atoms with van der Waals surface area (Å²) in [7, 11) is 0. The average molecular weight is 507 g/mol. The zero-order chi connectivity index (χ0) is 24.0. The summed E-state index contributed by atoms with van der Waals surface area (Å²) in [6.07, 6.45) is 4.53. The first-order chi connectivity index (χ1) is 15.8. The summed E-state index contributed by atoms with van der Waals surface area (Å²) in [5.74, 6) is -1.02. The molecule has 1 N–H and O–H groups in total. The Labute approximate surface area is 209 Å². The molecule has 33 heavy (non-hydrogen) atoms. The molecular formula is C25H28Cl2N2O3S. The molecule has 0 aliphatic carbocycles. The average Bonchev–Trinajstić information content (AvgIpc) is 2.82. The summed E-state index contributed by atoms with van der Waals surface area (Å²) >= 11 is 14.6. The molecular weight excluding hydrogens is 479 g/mol. The quantitative estimate of drug-likeness (QED) is 0.424. The van der Waals surface area contributed by atoms with Crippen molar-refractivity contribution in [1.82, 2.24) is 4.90 Å². The zero-order valence-corrected chi connectivity index (χ0v) is 21.1. The number of amides is 1. The van der Waals surface area contributed by atoms with Crippen molar-refractivity contribution in [3.8, 4) is 0 Å². The highest BCUT2D eigenvalue weighted by molar-refractivity contribution is 7.99. The minimum atomic E-state index is -0.707. The molecule has 1 fully saturated rings. The van der Waals surface area contributed by atoms with Crippen LogP contribution in [0.4, 0.5) is 5.69 Å². The van der Waals surface area contributed by atoms with E-state index in [2.05, 4.69) is 11.0 Å². The monoisotopic (exact) mass is 506 g/mol. The molecule has 8 heteroatoms. The van der Waals surface area contributed by atoms with Crippen molar-refractivity contribution in [2.24, 2.45) is 5.92 Å². The lowest BCUT2D eigenvalue weighted by Gasteiger charge is -2.32. The summed E-state index contributed by atoms with van der Waals surface area (Å²) in [6.45, 7) is 6.65. The number of carbonyl (C=O) groups excluding carboxylic acids is 1. The van der Waals surface area contributed by atoms with Gasteiger partial charge in [0.2, 0.25) is 5.91 Å². The van der Waals surface area contributed by atoms with Gasteiger partial charge in [0.1, 0.15) is 0 Å². The second kappa shape index (κ2) is 11.8. The van der Waals surface area contributed by atoms with Crippen LogP contribution in [0.5, 0.6) is 0 Å². The van der Waals surface area contributed by atoms with Gasteiger partial charge in [0, 0.05) is 47.7 Å². The Hall–Kier alpha value is -2.15. The van der Waals surface area contributed by atoms with E-state index in [0.717, 1.165) is 28.6 Å². The predicted molar refractivity (Wildman–Crippen MR) is 137 cm³/mol. The molecule has 3 rings (SSSR count). The van der Waals surface area contributed by atoms with Crippen molar-refractivity contribution in [3.05, 3.63) is 58.1 Å². The molecule has 0 aromatic heterocycles. The first kappa shape index (κ1) is 25.5. The summed E-state index contributed by atoms with van der Waals surface area (Å²) in [6, 6.07) is 11.9. The fraction of sp³-hybridized carbons (Fsp3) is 0.360. The number of hydrogen-bond donors (Lipinski definition) is 1. The van der Waals surface area contributed by atoms with Crippen LogP contribution >= 0.6 is 35.0 Å². The predicted octanol–water partition coefficient (Wildman–Crippen LogP) is 6.33. The Balaban J connectivity index is 1.71. The van der Waals surface area contributed by atoms with Crippen LogP contribution < -0.4 is 4.90 Å². The normalized spacial score (nSPS) is 14.6. The number of carboxylic acids is 1. The fourth-order valence-electron chi connectivity index (χ4n) is 3.81. The molecule has 2 aromatic carbocycles. The molecule has 0 bridgehead atoms. The third-order valence-electron chi connectivity index (χ3n) is 5.81.